The van der Waals surface area contributed by atoms with Crippen molar-refractivity contribution in [3.8, 4) is 28.2 Å². The van der Waals surface area contributed by atoms with Gasteiger partial charge < -0.3 is 14.2 Å². The second kappa shape index (κ2) is 10.9. The van der Waals surface area contributed by atoms with Gasteiger partial charge in [-0.25, -0.2) is 14.6 Å². The first kappa shape index (κ1) is 26.3. The Morgan fingerprint density at radius 2 is 1.85 bits per heavy atom. The molecule has 3 aromatic carbocycles. The molecule has 0 amide bonds. The molecule has 6 rings (SSSR count). The first-order valence-corrected chi connectivity index (χ1v) is 13.6. The molecule has 2 N–H and O–H groups in total. The molecule has 0 aliphatic heterocycles. The van der Waals surface area contributed by atoms with Gasteiger partial charge in [0.25, 0.3) is 0 Å². The van der Waals surface area contributed by atoms with Crippen LogP contribution in [0.25, 0.3) is 39.1 Å². The standard InChI is InChI=1S/C31H26ClN5O4/c1-2-3-8-26-33-28(32)27(30(38)39)37(26)18-19-9-11-20(12-10-19)24-17-22(13-14-23(24)29-34-31(40)41-35-29)36-16-15-21-6-4-5-7-25(21)36/h4-7,9-17H,2-3,8,18H2,1H3,(H,38,39)(H,34,35,40). The molecule has 0 bridgehead atoms. The van der Waals surface area contributed by atoms with Gasteiger partial charge in [0.2, 0.25) is 0 Å². The lowest BCUT2D eigenvalue weighted by molar-refractivity contribution is 0.0685. The number of carboxylic acid groups (broad SMARTS) is 1. The molecule has 0 atom stereocenters. The van der Waals surface area contributed by atoms with E-state index in [2.05, 4.69) is 44.8 Å². The van der Waals surface area contributed by atoms with Gasteiger partial charge in [-0.2, -0.15) is 0 Å². The monoisotopic (exact) mass is 567 g/mol. The fourth-order valence-corrected chi connectivity index (χ4v) is 5.40. The number of carbonyl (C=O) groups is 1. The van der Waals surface area contributed by atoms with Gasteiger partial charge in [-0.3, -0.25) is 9.51 Å². The number of nitrogens with zero attached hydrogens (tertiary/aromatic N) is 4. The van der Waals surface area contributed by atoms with Crippen molar-refractivity contribution in [3.05, 3.63) is 112 Å². The maximum Gasteiger partial charge on any atom is 0.439 e. The summed E-state index contributed by atoms with van der Waals surface area (Å²) in [6, 6.07) is 24.0. The van der Waals surface area contributed by atoms with Crippen molar-refractivity contribution in [2.75, 3.05) is 0 Å². The van der Waals surface area contributed by atoms with Crippen LogP contribution < -0.4 is 5.76 Å². The third-order valence-electron chi connectivity index (χ3n) is 7.14. The van der Waals surface area contributed by atoms with Crippen LogP contribution in [0, 0.1) is 0 Å². The zero-order valence-electron chi connectivity index (χ0n) is 22.2. The van der Waals surface area contributed by atoms with Gasteiger partial charge >= 0.3 is 11.7 Å². The van der Waals surface area contributed by atoms with E-state index < -0.39 is 11.7 Å². The molecule has 9 nitrogen and oxygen atoms in total. The zero-order valence-corrected chi connectivity index (χ0v) is 22.9. The fraction of sp³-hybridized carbons (Fsp3) is 0.161. The number of unbranched alkanes of at least 4 members (excludes halogenated alkanes) is 1. The van der Waals surface area contributed by atoms with Crippen LogP contribution in [0.3, 0.4) is 0 Å². The predicted molar refractivity (Wildman–Crippen MR) is 157 cm³/mol. The van der Waals surface area contributed by atoms with Crippen LogP contribution in [0.1, 0.15) is 41.6 Å². The number of imidazole rings is 1. The summed E-state index contributed by atoms with van der Waals surface area (Å²) in [7, 11) is 0. The molecule has 0 spiro atoms. The number of H-pyrrole nitrogens is 1. The van der Waals surface area contributed by atoms with Crippen molar-refractivity contribution in [1.82, 2.24) is 24.3 Å². The fourth-order valence-electron chi connectivity index (χ4n) is 5.12. The number of para-hydroxylation sites is 1. The molecule has 0 fully saturated rings. The van der Waals surface area contributed by atoms with Crippen molar-refractivity contribution >= 4 is 28.5 Å². The first-order valence-electron chi connectivity index (χ1n) is 13.3. The topological polar surface area (TPSA) is 119 Å². The highest BCUT2D eigenvalue weighted by Crippen LogP contribution is 2.34. The average molecular weight is 568 g/mol. The lowest BCUT2D eigenvalue weighted by atomic mass is 9.97. The van der Waals surface area contributed by atoms with E-state index in [-0.39, 0.29) is 10.8 Å². The molecule has 0 unspecified atom stereocenters. The van der Waals surface area contributed by atoms with E-state index in [1.165, 1.54) is 0 Å². The molecule has 10 heteroatoms. The van der Waals surface area contributed by atoms with E-state index in [1.54, 1.807) is 4.57 Å². The lowest BCUT2D eigenvalue weighted by Crippen LogP contribution is -2.13. The Bertz CT molecular complexity index is 1930. The van der Waals surface area contributed by atoms with Crippen LogP contribution in [0.4, 0.5) is 0 Å². The molecule has 41 heavy (non-hydrogen) atoms. The van der Waals surface area contributed by atoms with Crippen LogP contribution in [-0.4, -0.2) is 35.3 Å². The van der Waals surface area contributed by atoms with Gasteiger partial charge in [0.15, 0.2) is 16.7 Å². The Morgan fingerprint density at radius 1 is 1.05 bits per heavy atom. The summed E-state index contributed by atoms with van der Waals surface area (Å²) in [5.74, 6) is -0.753. The summed E-state index contributed by atoms with van der Waals surface area (Å²) in [5, 5.41) is 14.8. The van der Waals surface area contributed by atoms with E-state index >= 15 is 0 Å². The van der Waals surface area contributed by atoms with E-state index in [0.29, 0.717) is 30.2 Å². The third kappa shape index (κ3) is 5.07. The Morgan fingerprint density at radius 3 is 2.59 bits per heavy atom. The number of benzene rings is 3. The number of halogens is 1. The second-order valence-corrected chi connectivity index (χ2v) is 10.1. The highest BCUT2D eigenvalue weighted by atomic mass is 35.5. The van der Waals surface area contributed by atoms with Crippen LogP contribution in [0.2, 0.25) is 5.15 Å². The van der Waals surface area contributed by atoms with Crippen molar-refractivity contribution in [2.24, 2.45) is 0 Å². The van der Waals surface area contributed by atoms with Gasteiger partial charge in [0.1, 0.15) is 5.82 Å². The maximum atomic E-state index is 12.0. The minimum atomic E-state index is -1.11. The van der Waals surface area contributed by atoms with Crippen molar-refractivity contribution in [2.45, 2.75) is 32.7 Å². The molecular formula is C31H26ClN5O4. The highest BCUT2D eigenvalue weighted by molar-refractivity contribution is 6.32. The molecular weight excluding hydrogens is 542 g/mol. The molecule has 0 saturated heterocycles. The van der Waals surface area contributed by atoms with E-state index in [4.69, 9.17) is 16.1 Å². The molecule has 0 aliphatic rings. The first-order chi connectivity index (χ1) is 19.9. The molecule has 206 valence electrons. The van der Waals surface area contributed by atoms with Crippen LogP contribution in [0.15, 0.2) is 88.3 Å². The predicted octanol–water partition coefficient (Wildman–Crippen LogP) is 6.58. The van der Waals surface area contributed by atoms with Crippen LogP contribution >= 0.6 is 11.6 Å². The lowest BCUT2D eigenvalue weighted by Gasteiger charge is -2.14. The number of aromatic nitrogens is 5. The highest BCUT2D eigenvalue weighted by Gasteiger charge is 2.22. The number of aromatic amines is 1. The number of aryl methyl sites for hydroxylation is 1. The minimum absolute atomic E-state index is 0.000760. The molecule has 3 aromatic heterocycles. The summed E-state index contributed by atoms with van der Waals surface area (Å²) in [6.07, 6.45) is 4.50. The quantitative estimate of drug-likeness (QED) is 0.204. The number of aromatic carboxylic acids is 1. The van der Waals surface area contributed by atoms with Crippen molar-refractivity contribution < 1.29 is 14.4 Å². The molecule has 3 heterocycles. The summed E-state index contributed by atoms with van der Waals surface area (Å²) in [5.41, 5.74) is 5.34. The molecule has 0 radical (unpaired) electrons. The van der Waals surface area contributed by atoms with Gasteiger partial charge in [0.05, 0.1) is 5.52 Å². The molecule has 0 saturated carbocycles. The van der Waals surface area contributed by atoms with Gasteiger partial charge in [-0.05, 0) is 58.8 Å². The average Bonchev–Trinajstić information content (AvgIpc) is 3.69. The van der Waals surface area contributed by atoms with Gasteiger partial charge in [-0.1, -0.05) is 72.6 Å². The van der Waals surface area contributed by atoms with Crippen molar-refractivity contribution in [1.29, 1.82) is 0 Å². The van der Waals surface area contributed by atoms with E-state index in [0.717, 1.165) is 46.1 Å². The van der Waals surface area contributed by atoms with Gasteiger partial charge in [-0.15, -0.1) is 0 Å². The number of nitrogens with one attached hydrogen (secondary N) is 1. The largest absolute Gasteiger partial charge is 0.476 e. The van der Waals surface area contributed by atoms with E-state index in [9.17, 15) is 14.7 Å². The summed E-state index contributed by atoms with van der Waals surface area (Å²) < 4.78 is 8.58. The second-order valence-electron chi connectivity index (χ2n) is 9.78. The van der Waals surface area contributed by atoms with E-state index in [1.807, 2.05) is 60.8 Å². The number of fused-ring (bicyclic) bond motifs is 1. The minimum Gasteiger partial charge on any atom is -0.476 e. The Labute approximate surface area is 239 Å². The number of carboxylic acids is 1. The Kier molecular flexibility index (Phi) is 7.03. The van der Waals surface area contributed by atoms with Crippen LogP contribution in [-0.2, 0) is 13.0 Å². The third-order valence-corrected chi connectivity index (χ3v) is 7.41. The maximum absolute atomic E-state index is 12.0. The van der Waals surface area contributed by atoms with Crippen LogP contribution in [0.5, 0.6) is 0 Å². The summed E-state index contributed by atoms with van der Waals surface area (Å²) in [6.45, 7) is 2.39. The number of rotatable bonds is 9. The van der Waals surface area contributed by atoms with Gasteiger partial charge in [0, 0.05) is 30.4 Å². The van der Waals surface area contributed by atoms with Crippen molar-refractivity contribution in [3.63, 3.8) is 0 Å². The SMILES string of the molecule is CCCCc1nc(Cl)c(C(=O)O)n1Cc1ccc(-c2cc(-n3ccc4ccccc43)ccc2-c2noc(=O)[nH]2)cc1. The normalized spacial score (nSPS) is 11.4. The zero-order chi connectivity index (χ0) is 28.5. The summed E-state index contributed by atoms with van der Waals surface area (Å²) in [4.78, 5) is 30.7. The smallest absolute Gasteiger partial charge is 0.439 e. The number of hydrogen-bond acceptors (Lipinski definition) is 5. The molecule has 0 aliphatic carbocycles. The summed E-state index contributed by atoms with van der Waals surface area (Å²) >= 11 is 6.21. The Hall–Kier alpha value is -4.89. The Balaban J connectivity index is 1.40. The number of hydrogen-bond donors (Lipinski definition) is 2. The molecule has 6 aromatic rings.